The summed E-state index contributed by atoms with van der Waals surface area (Å²) in [5, 5.41) is 0.965. The average molecular weight is 302 g/mol. The number of likely N-dealkylation sites (tertiary alicyclic amines) is 1. The minimum atomic E-state index is 0. The van der Waals surface area contributed by atoms with E-state index in [1.54, 1.807) is 0 Å². The molecule has 106 valence electrons. The van der Waals surface area contributed by atoms with E-state index in [-0.39, 0.29) is 24.4 Å². The van der Waals surface area contributed by atoms with Gasteiger partial charge in [-0.2, -0.15) is 0 Å². The summed E-state index contributed by atoms with van der Waals surface area (Å²) in [5.41, 5.74) is 6.97. The molecule has 0 aromatic carbocycles. The van der Waals surface area contributed by atoms with Crippen LogP contribution < -0.4 is 5.73 Å². The highest BCUT2D eigenvalue weighted by atomic mass is 35.5. The summed E-state index contributed by atoms with van der Waals surface area (Å²) in [6.07, 6.45) is 2.30. The van der Waals surface area contributed by atoms with Crippen LogP contribution in [0.25, 0.3) is 0 Å². The fourth-order valence-corrected chi connectivity index (χ4v) is 4.23. The van der Waals surface area contributed by atoms with Crippen LogP contribution in [-0.2, 0) is 0 Å². The number of amides is 1. The molecule has 0 bridgehead atoms. The first-order valence-electron chi connectivity index (χ1n) is 6.55. The number of rotatable bonds is 1. The zero-order valence-electron chi connectivity index (χ0n) is 11.3. The van der Waals surface area contributed by atoms with E-state index in [0.29, 0.717) is 11.8 Å². The maximum atomic E-state index is 12.5. The Kier molecular flexibility index (Phi) is 4.18. The molecule has 2 fully saturated rings. The molecule has 2 heterocycles. The number of carbonyl (C=O) groups excluding carboxylic acids is 1. The molecule has 3 unspecified atom stereocenters. The van der Waals surface area contributed by atoms with E-state index >= 15 is 0 Å². The molecule has 1 aliphatic heterocycles. The number of carbonyl (C=O) groups is 1. The second-order valence-electron chi connectivity index (χ2n) is 5.52. The molecule has 1 aliphatic carbocycles. The lowest BCUT2D eigenvalue weighted by Gasteiger charge is -2.18. The van der Waals surface area contributed by atoms with Crippen LogP contribution >= 0.6 is 23.7 Å². The molecular formula is C13H20ClN3OS. The van der Waals surface area contributed by atoms with E-state index in [9.17, 15) is 4.79 Å². The highest BCUT2D eigenvalue weighted by Gasteiger charge is 2.43. The standard InChI is InChI=1S/C13H19N3OS.ClH/c1-7-12(18-8(2)15-7)13(17)16-5-9-3-4-11(14)10(9)6-16;/h9-11H,3-6,14H2,1-2H3;1H. The zero-order chi connectivity index (χ0) is 12.9. The van der Waals surface area contributed by atoms with Crippen LogP contribution in [0.3, 0.4) is 0 Å². The van der Waals surface area contributed by atoms with Gasteiger partial charge in [0.1, 0.15) is 4.88 Å². The van der Waals surface area contributed by atoms with E-state index in [2.05, 4.69) is 4.98 Å². The Labute approximate surface area is 123 Å². The van der Waals surface area contributed by atoms with Crippen LogP contribution in [0.1, 0.15) is 33.2 Å². The van der Waals surface area contributed by atoms with Gasteiger partial charge in [0, 0.05) is 19.1 Å². The van der Waals surface area contributed by atoms with Gasteiger partial charge in [0.2, 0.25) is 0 Å². The predicted molar refractivity (Wildman–Crippen MR) is 78.9 cm³/mol. The lowest BCUT2D eigenvalue weighted by atomic mass is 9.98. The molecule has 1 aromatic heterocycles. The number of aryl methyl sites for hydroxylation is 2. The number of aromatic nitrogens is 1. The smallest absolute Gasteiger partial charge is 0.265 e. The molecule has 0 spiro atoms. The number of thiazole rings is 1. The summed E-state index contributed by atoms with van der Waals surface area (Å²) in [7, 11) is 0. The molecule has 0 radical (unpaired) electrons. The lowest BCUT2D eigenvalue weighted by molar-refractivity contribution is 0.0783. The van der Waals surface area contributed by atoms with Gasteiger partial charge in [0.05, 0.1) is 10.7 Å². The summed E-state index contributed by atoms with van der Waals surface area (Å²) in [6, 6.07) is 0.289. The minimum absolute atomic E-state index is 0. The third-order valence-corrected chi connectivity index (χ3v) is 5.36. The van der Waals surface area contributed by atoms with Gasteiger partial charge in [0.25, 0.3) is 5.91 Å². The Hall–Kier alpha value is -0.650. The highest BCUT2D eigenvalue weighted by molar-refractivity contribution is 7.13. The van der Waals surface area contributed by atoms with Crippen molar-refractivity contribution in [2.45, 2.75) is 32.7 Å². The first kappa shape index (κ1) is 14.8. The van der Waals surface area contributed by atoms with Gasteiger partial charge in [-0.1, -0.05) is 0 Å². The monoisotopic (exact) mass is 301 g/mol. The normalized spacial score (nSPS) is 29.2. The molecular weight excluding hydrogens is 282 g/mol. The maximum absolute atomic E-state index is 12.5. The molecule has 1 saturated carbocycles. The average Bonchev–Trinajstić information content (AvgIpc) is 2.96. The second-order valence-corrected chi connectivity index (χ2v) is 6.73. The van der Waals surface area contributed by atoms with Crippen molar-refractivity contribution in [3.63, 3.8) is 0 Å². The van der Waals surface area contributed by atoms with Gasteiger partial charge < -0.3 is 10.6 Å². The molecule has 1 amide bonds. The van der Waals surface area contributed by atoms with Crippen molar-refractivity contribution >= 4 is 29.7 Å². The SMILES string of the molecule is Cc1nc(C)c(C(=O)N2CC3CCC(N)C3C2)s1.Cl. The number of hydrogen-bond acceptors (Lipinski definition) is 4. The number of hydrogen-bond donors (Lipinski definition) is 1. The molecule has 3 atom stereocenters. The Morgan fingerprint density at radius 2 is 2.11 bits per heavy atom. The van der Waals surface area contributed by atoms with Crippen LogP contribution in [-0.4, -0.2) is 34.9 Å². The topological polar surface area (TPSA) is 59.2 Å². The fraction of sp³-hybridized carbons (Fsp3) is 0.692. The quantitative estimate of drug-likeness (QED) is 0.863. The van der Waals surface area contributed by atoms with Gasteiger partial charge in [0.15, 0.2) is 0 Å². The Bertz CT molecular complexity index is 490. The van der Waals surface area contributed by atoms with E-state index < -0.39 is 0 Å². The van der Waals surface area contributed by atoms with Gasteiger partial charge in [-0.25, -0.2) is 4.98 Å². The van der Waals surface area contributed by atoms with Crippen molar-refractivity contribution in [1.29, 1.82) is 0 Å². The van der Waals surface area contributed by atoms with Crippen molar-refractivity contribution in [2.75, 3.05) is 13.1 Å². The largest absolute Gasteiger partial charge is 0.337 e. The summed E-state index contributed by atoms with van der Waals surface area (Å²) < 4.78 is 0. The first-order chi connectivity index (χ1) is 8.56. The maximum Gasteiger partial charge on any atom is 0.265 e. The molecule has 4 nitrogen and oxygen atoms in total. The summed E-state index contributed by atoms with van der Waals surface area (Å²) in [4.78, 5) is 19.6. The highest BCUT2D eigenvalue weighted by Crippen LogP contribution is 2.38. The molecule has 2 aliphatic rings. The number of nitrogens with zero attached hydrogens (tertiary/aromatic N) is 2. The Morgan fingerprint density at radius 3 is 2.68 bits per heavy atom. The second kappa shape index (κ2) is 5.38. The van der Waals surface area contributed by atoms with Crippen LogP contribution in [0.5, 0.6) is 0 Å². The fourth-order valence-electron chi connectivity index (χ4n) is 3.35. The van der Waals surface area contributed by atoms with Crippen molar-refractivity contribution in [1.82, 2.24) is 9.88 Å². The molecule has 1 aromatic rings. The van der Waals surface area contributed by atoms with E-state index in [1.165, 1.54) is 17.8 Å². The van der Waals surface area contributed by atoms with Crippen molar-refractivity contribution in [2.24, 2.45) is 17.6 Å². The molecule has 3 rings (SSSR count). The third kappa shape index (κ3) is 2.51. The molecule has 2 N–H and O–H groups in total. The minimum Gasteiger partial charge on any atom is -0.337 e. The number of fused-ring (bicyclic) bond motifs is 1. The molecule has 1 saturated heterocycles. The Morgan fingerprint density at radius 1 is 1.37 bits per heavy atom. The molecule has 6 heteroatoms. The van der Waals surface area contributed by atoms with Crippen LogP contribution in [0.4, 0.5) is 0 Å². The van der Waals surface area contributed by atoms with Crippen molar-refractivity contribution in [3.05, 3.63) is 15.6 Å². The van der Waals surface area contributed by atoms with E-state index in [0.717, 1.165) is 35.1 Å². The molecule has 19 heavy (non-hydrogen) atoms. The number of halogens is 1. The van der Waals surface area contributed by atoms with Crippen molar-refractivity contribution < 1.29 is 4.79 Å². The van der Waals surface area contributed by atoms with Gasteiger partial charge in [-0.3, -0.25) is 4.79 Å². The van der Waals surface area contributed by atoms with E-state index in [4.69, 9.17) is 5.73 Å². The van der Waals surface area contributed by atoms with Gasteiger partial charge in [-0.15, -0.1) is 23.7 Å². The van der Waals surface area contributed by atoms with Crippen LogP contribution in [0.15, 0.2) is 0 Å². The third-order valence-electron chi connectivity index (χ3n) is 4.30. The Balaban J connectivity index is 0.00000133. The van der Waals surface area contributed by atoms with Gasteiger partial charge >= 0.3 is 0 Å². The summed E-state index contributed by atoms with van der Waals surface area (Å²) >= 11 is 1.50. The summed E-state index contributed by atoms with van der Waals surface area (Å²) in [5.74, 6) is 1.29. The van der Waals surface area contributed by atoms with Crippen molar-refractivity contribution in [3.8, 4) is 0 Å². The zero-order valence-corrected chi connectivity index (χ0v) is 12.9. The summed E-state index contributed by atoms with van der Waals surface area (Å²) in [6.45, 7) is 5.58. The van der Waals surface area contributed by atoms with E-state index in [1.807, 2.05) is 18.7 Å². The predicted octanol–water partition coefficient (Wildman–Crippen LogP) is 1.99. The van der Waals surface area contributed by atoms with Crippen LogP contribution in [0.2, 0.25) is 0 Å². The first-order valence-corrected chi connectivity index (χ1v) is 7.37. The van der Waals surface area contributed by atoms with Crippen LogP contribution in [0, 0.1) is 25.7 Å². The van der Waals surface area contributed by atoms with Gasteiger partial charge in [-0.05, 0) is 38.5 Å². The number of nitrogens with two attached hydrogens (primary N) is 1. The lowest BCUT2D eigenvalue weighted by Crippen LogP contribution is -2.33.